The number of hydrogen-bond donors (Lipinski definition) is 1. The average Bonchev–Trinajstić information content (AvgIpc) is 2.77. The molecule has 3 rings (SSSR count). The van der Waals surface area contributed by atoms with Crippen LogP contribution in [0.5, 0.6) is 0 Å². The Morgan fingerprint density at radius 2 is 2.31 bits per heavy atom. The van der Waals surface area contributed by atoms with Crippen LogP contribution in [-0.2, 0) is 0 Å². The van der Waals surface area contributed by atoms with Gasteiger partial charge in [-0.25, -0.2) is 0 Å². The lowest BCUT2D eigenvalue weighted by molar-refractivity contribution is -0.521. The second-order valence-electron chi connectivity index (χ2n) is 4.52. The smallest absolute Gasteiger partial charge is 0.274 e. The molecule has 4 nitrogen and oxygen atoms in total. The van der Waals surface area contributed by atoms with E-state index in [4.69, 9.17) is 5.11 Å². The Morgan fingerprint density at radius 1 is 1.44 bits per heavy atom. The van der Waals surface area contributed by atoms with Gasteiger partial charge in [-0.15, -0.1) is 0 Å². The van der Waals surface area contributed by atoms with Gasteiger partial charge in [0.05, 0.1) is 10.3 Å². The molecule has 1 heterocycles. The molecular formula is C12H15N2O2+. The van der Waals surface area contributed by atoms with Gasteiger partial charge in [0, 0.05) is 11.1 Å². The van der Waals surface area contributed by atoms with Gasteiger partial charge in [-0.2, -0.15) is 0 Å². The Balaban J connectivity index is 2.05. The van der Waals surface area contributed by atoms with Gasteiger partial charge in [0.15, 0.2) is 0 Å². The van der Waals surface area contributed by atoms with Gasteiger partial charge in [-0.1, -0.05) is 5.57 Å². The van der Waals surface area contributed by atoms with Crippen molar-refractivity contribution in [3.05, 3.63) is 39.6 Å². The lowest BCUT2D eigenvalue weighted by Crippen LogP contribution is -2.33. The summed E-state index contributed by atoms with van der Waals surface area (Å²) in [5.41, 5.74) is 4.65. The number of nitroso groups, excluding NO2 is 1. The van der Waals surface area contributed by atoms with E-state index in [9.17, 15) is 4.91 Å². The molecule has 0 atom stereocenters. The summed E-state index contributed by atoms with van der Waals surface area (Å²) < 4.78 is 0.980. The molecule has 0 aromatic rings. The van der Waals surface area contributed by atoms with Crippen molar-refractivity contribution in [1.82, 2.24) is 4.90 Å². The van der Waals surface area contributed by atoms with E-state index in [1.54, 1.807) is 4.90 Å². The Bertz CT molecular complexity index is 446. The Kier molecular flexibility index (Phi) is 2.17. The fourth-order valence-corrected chi connectivity index (χ4v) is 2.77. The van der Waals surface area contributed by atoms with Crippen LogP contribution in [0, 0.1) is 4.91 Å². The lowest BCUT2D eigenvalue weighted by Gasteiger charge is -2.23. The molecule has 0 spiro atoms. The highest BCUT2D eigenvalue weighted by Gasteiger charge is 2.36. The van der Waals surface area contributed by atoms with Gasteiger partial charge in [0.25, 0.3) is 12.4 Å². The molecule has 0 saturated heterocycles. The van der Waals surface area contributed by atoms with E-state index >= 15 is 0 Å². The summed E-state index contributed by atoms with van der Waals surface area (Å²) in [6.45, 7) is 0.132. The van der Waals surface area contributed by atoms with Crippen LogP contribution >= 0.6 is 0 Å². The summed E-state index contributed by atoms with van der Waals surface area (Å²) in [4.78, 5) is 13.5. The summed E-state index contributed by atoms with van der Waals surface area (Å²) in [6, 6.07) is 0. The number of nitrogens with zero attached hydrogens (tertiary/aromatic N) is 2. The molecule has 16 heavy (non-hydrogen) atoms. The van der Waals surface area contributed by atoms with Gasteiger partial charge in [-0.05, 0) is 37.3 Å². The van der Waals surface area contributed by atoms with Gasteiger partial charge < -0.3 is 5.11 Å². The highest BCUT2D eigenvalue weighted by molar-refractivity contribution is 5.51. The minimum Gasteiger partial charge on any atom is -0.376 e. The lowest BCUT2D eigenvalue weighted by atomic mass is 9.92. The molecule has 0 bridgehead atoms. The Hall–Kier alpha value is -1.42. The number of rotatable bonds is 1. The zero-order valence-electron chi connectivity index (χ0n) is 9.15. The van der Waals surface area contributed by atoms with Crippen molar-refractivity contribution in [1.29, 1.82) is 0 Å². The maximum Gasteiger partial charge on any atom is 0.274 e. The molecule has 4 heteroatoms. The molecule has 0 saturated carbocycles. The first-order valence-electron chi connectivity index (χ1n) is 5.73. The van der Waals surface area contributed by atoms with Crippen LogP contribution in [0.4, 0.5) is 0 Å². The quantitative estimate of drug-likeness (QED) is 0.682. The molecule has 1 aliphatic heterocycles. The maximum absolute atomic E-state index is 11.8. The number of fused-ring (bicyclic) bond motifs is 2. The van der Waals surface area contributed by atoms with Crippen molar-refractivity contribution in [3.8, 4) is 0 Å². The van der Waals surface area contributed by atoms with Crippen molar-refractivity contribution < 1.29 is 9.87 Å². The maximum atomic E-state index is 11.8. The summed E-state index contributed by atoms with van der Waals surface area (Å²) >= 11 is 0. The molecular weight excluding hydrogens is 204 g/mol. The third-order valence-corrected chi connectivity index (χ3v) is 3.55. The molecule has 84 valence electrons. The van der Waals surface area contributed by atoms with Crippen molar-refractivity contribution in [3.63, 3.8) is 0 Å². The largest absolute Gasteiger partial charge is 0.376 e. The summed E-state index contributed by atoms with van der Waals surface area (Å²) in [6.07, 6.45) is 8.32. The van der Waals surface area contributed by atoms with E-state index in [-0.39, 0.29) is 13.4 Å². The van der Waals surface area contributed by atoms with Crippen molar-refractivity contribution in [2.75, 3.05) is 13.4 Å². The van der Waals surface area contributed by atoms with Crippen molar-refractivity contribution >= 4 is 0 Å². The second-order valence-corrected chi connectivity index (χ2v) is 4.52. The number of aliphatic hydroxyl groups excluding tert-OH is 1. The normalized spacial score (nSPS) is 24.1. The van der Waals surface area contributed by atoms with Crippen LogP contribution in [0.15, 0.2) is 34.7 Å². The van der Waals surface area contributed by atoms with Gasteiger partial charge in [-0.3, -0.25) is 4.90 Å². The molecule has 2 aliphatic carbocycles. The average molecular weight is 219 g/mol. The SMILES string of the molecule is O=[N+]1CN(CO)C=C2C1=CCC1=C2CCC1. The Morgan fingerprint density at radius 3 is 3.12 bits per heavy atom. The summed E-state index contributed by atoms with van der Waals surface area (Å²) in [7, 11) is 0. The van der Waals surface area contributed by atoms with E-state index in [2.05, 4.69) is 0 Å². The van der Waals surface area contributed by atoms with Crippen LogP contribution in [-0.4, -0.2) is 28.2 Å². The van der Waals surface area contributed by atoms with Crippen LogP contribution in [0.3, 0.4) is 0 Å². The molecule has 1 N–H and O–H groups in total. The zero-order chi connectivity index (χ0) is 11.1. The predicted octanol–water partition coefficient (Wildman–Crippen LogP) is 1.64. The third kappa shape index (κ3) is 1.33. The van der Waals surface area contributed by atoms with E-state index in [1.165, 1.54) is 17.6 Å². The van der Waals surface area contributed by atoms with E-state index in [0.29, 0.717) is 0 Å². The highest BCUT2D eigenvalue weighted by atomic mass is 16.3. The molecule has 0 fully saturated rings. The predicted molar refractivity (Wildman–Crippen MR) is 59.1 cm³/mol. The number of aliphatic hydroxyl groups is 1. The number of hydrogen-bond acceptors (Lipinski definition) is 3. The topological polar surface area (TPSA) is 43.5 Å². The van der Waals surface area contributed by atoms with E-state index in [0.717, 1.165) is 35.3 Å². The minimum absolute atomic E-state index is 0.0991. The fourth-order valence-electron chi connectivity index (χ4n) is 2.77. The van der Waals surface area contributed by atoms with E-state index < -0.39 is 0 Å². The molecule has 0 aromatic carbocycles. The fraction of sp³-hybridized carbons (Fsp3) is 0.500. The third-order valence-electron chi connectivity index (χ3n) is 3.55. The van der Waals surface area contributed by atoms with Crippen LogP contribution in [0.1, 0.15) is 25.7 Å². The van der Waals surface area contributed by atoms with Crippen molar-refractivity contribution in [2.45, 2.75) is 25.7 Å². The zero-order valence-corrected chi connectivity index (χ0v) is 9.15. The van der Waals surface area contributed by atoms with Crippen LogP contribution in [0.2, 0.25) is 0 Å². The minimum atomic E-state index is -0.0991. The summed E-state index contributed by atoms with van der Waals surface area (Å²) in [5.74, 6) is 0. The monoisotopic (exact) mass is 219 g/mol. The second kappa shape index (κ2) is 3.56. The standard InChI is InChI=1S/C12H15N2O2/c15-8-13-6-11-10-3-1-2-9(10)4-5-12(11)14(16)7-13/h5-6,15H,1-4,7-8H2/q+1. The first-order valence-corrected chi connectivity index (χ1v) is 5.73. The molecule has 3 aliphatic rings. The van der Waals surface area contributed by atoms with Gasteiger partial charge in [0.2, 0.25) is 0 Å². The van der Waals surface area contributed by atoms with E-state index in [1.807, 2.05) is 12.3 Å². The highest BCUT2D eigenvalue weighted by Crippen LogP contribution is 2.41. The van der Waals surface area contributed by atoms with Gasteiger partial charge >= 0.3 is 0 Å². The number of allylic oxidation sites excluding steroid dienone is 3. The molecule has 0 aromatic heterocycles. The van der Waals surface area contributed by atoms with Crippen LogP contribution < -0.4 is 0 Å². The Labute approximate surface area is 94.1 Å². The molecule has 0 unspecified atom stereocenters. The molecule has 0 amide bonds. The van der Waals surface area contributed by atoms with Crippen LogP contribution in [0.25, 0.3) is 0 Å². The van der Waals surface area contributed by atoms with Crippen molar-refractivity contribution in [2.24, 2.45) is 0 Å². The molecule has 0 radical (unpaired) electrons. The van der Waals surface area contributed by atoms with Gasteiger partial charge in [0.1, 0.15) is 6.73 Å². The summed E-state index contributed by atoms with van der Waals surface area (Å²) in [5, 5.41) is 9.12. The first-order chi connectivity index (χ1) is 7.79. The first kappa shape index (κ1) is 9.78.